The van der Waals surface area contributed by atoms with E-state index < -0.39 is 8.69 Å². The molecule has 0 aliphatic carbocycles. The van der Waals surface area contributed by atoms with E-state index in [2.05, 4.69) is 4.52 Å². The lowest BCUT2D eigenvalue weighted by atomic mass is 10.3. The Labute approximate surface area is 79.1 Å². The van der Waals surface area contributed by atoms with Crippen LogP contribution >= 0.6 is 33.5 Å². The third-order valence-corrected chi connectivity index (χ3v) is 1.22. The van der Waals surface area contributed by atoms with Crippen molar-refractivity contribution >= 4 is 33.5 Å². The number of para-hydroxylation sites is 1. The van der Waals surface area contributed by atoms with Crippen molar-refractivity contribution < 1.29 is 9.09 Å². The molecule has 0 bridgehead atoms. The summed E-state index contributed by atoms with van der Waals surface area (Å²) in [5.74, 6) is 0.644. The highest BCUT2D eigenvalue weighted by molar-refractivity contribution is 7.17. The van der Waals surface area contributed by atoms with Gasteiger partial charge in [-0.05, 0) is 16.7 Å². The number of hydrogen-bond acceptors (Lipinski definition) is 2. The first kappa shape index (κ1) is 13.3. The average molecular weight is 214 g/mol. The van der Waals surface area contributed by atoms with Gasteiger partial charge in [0.2, 0.25) is 0 Å². The predicted octanol–water partition coefficient (Wildman–Crippen LogP) is 2.85. The first-order valence-electron chi connectivity index (χ1n) is 2.52. The van der Waals surface area contributed by atoms with E-state index in [-0.39, 0.29) is 24.8 Å². The van der Waals surface area contributed by atoms with Gasteiger partial charge >= 0.3 is 8.69 Å². The molecule has 2 nitrogen and oxygen atoms in total. The molecule has 5 heteroatoms. The van der Waals surface area contributed by atoms with Gasteiger partial charge in [-0.15, -0.1) is 24.8 Å². The van der Waals surface area contributed by atoms with Gasteiger partial charge in [0.25, 0.3) is 0 Å². The molecule has 0 saturated carbocycles. The minimum Gasteiger partial charge on any atom is -0.256 e. The largest absolute Gasteiger partial charge is 0.542 e. The van der Waals surface area contributed by atoms with Gasteiger partial charge in [0.15, 0.2) is 5.75 Å². The minimum atomic E-state index is -0.715. The van der Waals surface area contributed by atoms with E-state index in [4.69, 9.17) is 0 Å². The van der Waals surface area contributed by atoms with E-state index in [1.807, 2.05) is 18.2 Å². The van der Waals surface area contributed by atoms with Crippen molar-refractivity contribution in [3.05, 3.63) is 30.3 Å². The molecular weight excluding hydrogens is 206 g/mol. The summed E-state index contributed by atoms with van der Waals surface area (Å²) in [4.78, 5) is 0. The molecule has 0 amide bonds. The summed E-state index contributed by atoms with van der Waals surface area (Å²) < 4.78 is 14.6. The Morgan fingerprint density at radius 3 is 2.09 bits per heavy atom. The standard InChI is InChI=1S/C6H6O2P.2ClH/c7-9-8-6-4-2-1-3-5-6;;/h1-5,9H;2*1H/q+1;;. The molecule has 11 heavy (non-hydrogen) atoms. The van der Waals surface area contributed by atoms with E-state index in [0.29, 0.717) is 5.75 Å². The van der Waals surface area contributed by atoms with Crippen molar-refractivity contribution in [2.24, 2.45) is 0 Å². The normalized spacial score (nSPS) is 7.64. The maximum absolute atomic E-state index is 9.90. The summed E-state index contributed by atoms with van der Waals surface area (Å²) in [6, 6.07) is 9.04. The lowest BCUT2D eigenvalue weighted by Crippen LogP contribution is -1.70. The molecule has 0 heterocycles. The molecule has 62 valence electrons. The SMILES string of the molecule is Cl.Cl.O=[PH+]Oc1ccccc1. The van der Waals surface area contributed by atoms with Crippen LogP contribution in [0.15, 0.2) is 30.3 Å². The summed E-state index contributed by atoms with van der Waals surface area (Å²) in [7, 11) is -0.715. The molecule has 1 atom stereocenters. The molecule has 1 aromatic rings. The van der Waals surface area contributed by atoms with E-state index in [0.717, 1.165) is 0 Å². The highest BCUT2D eigenvalue weighted by Crippen LogP contribution is 2.12. The third-order valence-electron chi connectivity index (χ3n) is 0.903. The van der Waals surface area contributed by atoms with E-state index >= 15 is 0 Å². The van der Waals surface area contributed by atoms with Gasteiger partial charge < -0.3 is 0 Å². The van der Waals surface area contributed by atoms with Crippen LogP contribution in [0.5, 0.6) is 5.75 Å². The zero-order valence-corrected chi connectivity index (χ0v) is 8.15. The van der Waals surface area contributed by atoms with Crippen LogP contribution in [-0.2, 0) is 4.57 Å². The van der Waals surface area contributed by atoms with Crippen LogP contribution in [0.1, 0.15) is 0 Å². The molecule has 0 radical (unpaired) electrons. The van der Waals surface area contributed by atoms with Gasteiger partial charge in [0, 0.05) is 0 Å². The smallest absolute Gasteiger partial charge is 0.256 e. The molecule has 1 rings (SSSR count). The van der Waals surface area contributed by atoms with Crippen LogP contribution in [0.2, 0.25) is 0 Å². The Bertz CT molecular complexity index is 193. The fourth-order valence-corrected chi connectivity index (χ4v) is 0.769. The number of rotatable bonds is 2. The Balaban J connectivity index is 0. The maximum atomic E-state index is 9.90. The third kappa shape index (κ3) is 5.02. The molecule has 1 aromatic carbocycles. The second-order valence-corrected chi connectivity index (χ2v) is 1.87. The van der Waals surface area contributed by atoms with E-state index in [1.165, 1.54) is 0 Å². The van der Waals surface area contributed by atoms with E-state index in [9.17, 15) is 4.57 Å². The Hall–Kier alpha value is -0.300. The Morgan fingerprint density at radius 2 is 1.64 bits per heavy atom. The molecule has 1 unspecified atom stereocenters. The van der Waals surface area contributed by atoms with Crippen molar-refractivity contribution in [3.63, 3.8) is 0 Å². The van der Waals surface area contributed by atoms with Gasteiger partial charge in [-0.25, -0.2) is 0 Å². The summed E-state index contributed by atoms with van der Waals surface area (Å²) in [6.07, 6.45) is 0. The fourth-order valence-electron chi connectivity index (χ4n) is 0.537. The van der Waals surface area contributed by atoms with Crippen LogP contribution in [0, 0.1) is 0 Å². The zero-order chi connectivity index (χ0) is 6.53. The molecule has 0 N–H and O–H groups in total. The molecule has 0 spiro atoms. The quantitative estimate of drug-likeness (QED) is 0.707. The maximum Gasteiger partial charge on any atom is 0.542 e. The lowest BCUT2D eigenvalue weighted by molar-refractivity contribution is 0.525. The minimum absolute atomic E-state index is 0. The van der Waals surface area contributed by atoms with Crippen LogP contribution < -0.4 is 4.52 Å². The second kappa shape index (κ2) is 7.80. The van der Waals surface area contributed by atoms with Crippen molar-refractivity contribution in [2.75, 3.05) is 0 Å². The molecule has 0 saturated heterocycles. The van der Waals surface area contributed by atoms with Gasteiger partial charge in [-0.2, -0.15) is 0 Å². The zero-order valence-electron chi connectivity index (χ0n) is 5.52. The van der Waals surface area contributed by atoms with Crippen LogP contribution in [0.4, 0.5) is 0 Å². The topological polar surface area (TPSA) is 26.3 Å². The van der Waals surface area contributed by atoms with Crippen LogP contribution in [-0.4, -0.2) is 0 Å². The number of halogens is 2. The Kier molecular flexibility index (Phi) is 9.44. The highest BCUT2D eigenvalue weighted by Gasteiger charge is 1.92. The highest BCUT2D eigenvalue weighted by atomic mass is 35.5. The van der Waals surface area contributed by atoms with Crippen molar-refractivity contribution in [3.8, 4) is 5.75 Å². The summed E-state index contributed by atoms with van der Waals surface area (Å²) in [5, 5.41) is 0. The lowest BCUT2D eigenvalue weighted by Gasteiger charge is -1.84. The molecule has 0 fully saturated rings. The average Bonchev–Trinajstić information content (AvgIpc) is 1.91. The summed E-state index contributed by atoms with van der Waals surface area (Å²) in [6.45, 7) is 0. The van der Waals surface area contributed by atoms with Crippen LogP contribution in [0.25, 0.3) is 0 Å². The monoisotopic (exact) mass is 213 g/mol. The molecule has 0 aliphatic rings. The van der Waals surface area contributed by atoms with Crippen molar-refractivity contribution in [1.82, 2.24) is 0 Å². The number of hydrogen-bond donors (Lipinski definition) is 0. The predicted molar refractivity (Wildman–Crippen MR) is 50.6 cm³/mol. The van der Waals surface area contributed by atoms with Gasteiger partial charge in [0.1, 0.15) is 0 Å². The van der Waals surface area contributed by atoms with Crippen LogP contribution in [0.3, 0.4) is 0 Å². The van der Waals surface area contributed by atoms with Crippen molar-refractivity contribution in [1.29, 1.82) is 0 Å². The molecule has 0 aliphatic heterocycles. The second-order valence-electron chi connectivity index (χ2n) is 1.50. The first-order valence-corrected chi connectivity index (χ1v) is 3.34. The molecular formula is C6H8Cl2O2P+. The van der Waals surface area contributed by atoms with Gasteiger partial charge in [-0.3, -0.25) is 4.52 Å². The van der Waals surface area contributed by atoms with Gasteiger partial charge in [-0.1, -0.05) is 18.2 Å². The Morgan fingerprint density at radius 1 is 1.09 bits per heavy atom. The summed E-state index contributed by atoms with van der Waals surface area (Å²) in [5.41, 5.74) is 0. The molecule has 0 aromatic heterocycles. The fraction of sp³-hybridized carbons (Fsp3) is 0. The first-order chi connectivity index (χ1) is 4.43. The number of benzene rings is 1. The van der Waals surface area contributed by atoms with E-state index in [1.54, 1.807) is 12.1 Å². The summed E-state index contributed by atoms with van der Waals surface area (Å²) >= 11 is 0. The van der Waals surface area contributed by atoms with Gasteiger partial charge in [0.05, 0.1) is 0 Å². The van der Waals surface area contributed by atoms with Crippen molar-refractivity contribution in [2.45, 2.75) is 0 Å².